The third-order valence-electron chi connectivity index (χ3n) is 2.41. The number of hydrogen-bond acceptors (Lipinski definition) is 2. The van der Waals surface area contributed by atoms with Crippen LogP contribution in [0.3, 0.4) is 0 Å². The molecule has 1 atom stereocenters. The molecule has 0 saturated carbocycles. The Bertz CT molecular complexity index is 564. The largest absolute Gasteiger partial charge is 0.339 e. The molecule has 1 aromatic rings. The van der Waals surface area contributed by atoms with Crippen molar-refractivity contribution in [3.05, 3.63) is 28.2 Å². The fraction of sp³-hybridized carbons (Fsp3) is 0.333. The number of amides is 1. The van der Waals surface area contributed by atoms with Gasteiger partial charge in [0.15, 0.2) is 5.11 Å². The molecule has 4 nitrogen and oxygen atoms in total. The summed E-state index contributed by atoms with van der Waals surface area (Å²) in [5, 5.41) is 9.03. The molecular weight excluding hydrogens is 411 g/mol. The van der Waals surface area contributed by atoms with E-state index in [2.05, 4.69) is 16.0 Å². The Balaban J connectivity index is 2.74. The van der Waals surface area contributed by atoms with Crippen LogP contribution in [0.2, 0.25) is 10.0 Å². The number of rotatable bonds is 4. The topological polar surface area (TPSA) is 53.2 Å². The molecule has 0 aliphatic rings. The fourth-order valence-corrected chi connectivity index (χ4v) is 2.20. The van der Waals surface area contributed by atoms with E-state index in [1.54, 1.807) is 25.1 Å². The second-order valence-corrected chi connectivity index (χ2v) is 7.71. The maximum absolute atomic E-state index is 11.5. The zero-order valence-corrected chi connectivity index (χ0v) is 15.8. The molecule has 1 rings (SSSR count). The Hall–Kier alpha value is -0.170. The van der Waals surface area contributed by atoms with E-state index >= 15 is 0 Å². The highest BCUT2D eigenvalue weighted by atomic mass is 35.6. The Morgan fingerprint density at radius 1 is 1.23 bits per heavy atom. The molecule has 0 saturated heterocycles. The van der Waals surface area contributed by atoms with Crippen molar-refractivity contribution in [2.75, 3.05) is 5.32 Å². The van der Waals surface area contributed by atoms with E-state index in [0.29, 0.717) is 15.7 Å². The molecule has 0 heterocycles. The van der Waals surface area contributed by atoms with Gasteiger partial charge < -0.3 is 16.0 Å². The fourth-order valence-electron chi connectivity index (χ4n) is 1.33. The van der Waals surface area contributed by atoms with Crippen LogP contribution in [0.4, 0.5) is 5.69 Å². The van der Waals surface area contributed by atoms with Crippen molar-refractivity contribution in [2.45, 2.75) is 23.3 Å². The van der Waals surface area contributed by atoms with Gasteiger partial charge in [0, 0.05) is 12.1 Å². The summed E-state index contributed by atoms with van der Waals surface area (Å²) in [6, 6.07) is 4.88. The number of carbonyl (C=O) groups is 1. The summed E-state index contributed by atoms with van der Waals surface area (Å²) >= 11 is 34.3. The van der Waals surface area contributed by atoms with Crippen molar-refractivity contribution in [2.24, 2.45) is 0 Å². The van der Waals surface area contributed by atoms with Crippen LogP contribution in [0.5, 0.6) is 0 Å². The van der Waals surface area contributed by atoms with E-state index in [1.807, 2.05) is 0 Å². The van der Waals surface area contributed by atoms with Gasteiger partial charge in [-0.3, -0.25) is 4.79 Å². The van der Waals surface area contributed by atoms with Crippen LogP contribution < -0.4 is 16.0 Å². The number of halogens is 5. The van der Waals surface area contributed by atoms with E-state index in [9.17, 15) is 4.79 Å². The number of nitrogens with one attached hydrogen (secondary N) is 3. The molecule has 0 aliphatic carbocycles. The van der Waals surface area contributed by atoms with Crippen LogP contribution in [-0.4, -0.2) is 21.0 Å². The number of anilines is 1. The number of carbonyl (C=O) groups excluding carboxylic acids is 1. The van der Waals surface area contributed by atoms with Gasteiger partial charge in [-0.2, -0.15) is 0 Å². The molecule has 3 N–H and O–H groups in total. The highest BCUT2D eigenvalue weighted by Crippen LogP contribution is 2.29. The van der Waals surface area contributed by atoms with E-state index < -0.39 is 9.96 Å². The summed E-state index contributed by atoms with van der Waals surface area (Å²) in [6.07, 6.45) is -0.751. The maximum atomic E-state index is 11.5. The van der Waals surface area contributed by atoms with Gasteiger partial charge in [-0.05, 0) is 30.4 Å². The zero-order chi connectivity index (χ0) is 16.9. The van der Waals surface area contributed by atoms with Crippen molar-refractivity contribution in [3.63, 3.8) is 0 Å². The van der Waals surface area contributed by atoms with Crippen LogP contribution in [0.1, 0.15) is 13.3 Å². The third-order valence-corrected chi connectivity index (χ3v) is 4.02. The van der Waals surface area contributed by atoms with Crippen molar-refractivity contribution in [3.8, 4) is 0 Å². The second-order valence-electron chi connectivity index (χ2n) is 4.12. The van der Waals surface area contributed by atoms with Crippen LogP contribution in [0.15, 0.2) is 18.2 Å². The SMILES string of the molecule is CCC(=O)NC(NC(=S)Nc1ccc(Cl)c(Cl)c1)C(Cl)(Cl)Cl. The van der Waals surface area contributed by atoms with Gasteiger partial charge in [-0.25, -0.2) is 0 Å². The lowest BCUT2D eigenvalue weighted by molar-refractivity contribution is -0.121. The highest BCUT2D eigenvalue weighted by Gasteiger charge is 2.34. The predicted molar refractivity (Wildman–Crippen MR) is 98.3 cm³/mol. The van der Waals surface area contributed by atoms with Crippen LogP contribution in [0, 0.1) is 0 Å². The summed E-state index contributed by atoms with van der Waals surface area (Å²) in [6.45, 7) is 1.68. The van der Waals surface area contributed by atoms with Crippen molar-refractivity contribution >= 4 is 86.9 Å². The minimum Gasteiger partial charge on any atom is -0.339 e. The van der Waals surface area contributed by atoms with Crippen LogP contribution in [-0.2, 0) is 4.79 Å². The lowest BCUT2D eigenvalue weighted by atomic mass is 10.3. The second kappa shape index (κ2) is 8.62. The molecular formula is C12H12Cl5N3OS. The number of thiocarbonyl (C=S) groups is 1. The summed E-state index contributed by atoms with van der Waals surface area (Å²) in [5.74, 6) is -0.291. The Kier molecular flexibility index (Phi) is 7.79. The average Bonchev–Trinajstić information content (AvgIpc) is 2.41. The van der Waals surface area contributed by atoms with Gasteiger partial charge in [-0.15, -0.1) is 0 Å². The Labute approximate surface area is 158 Å². The first-order chi connectivity index (χ1) is 10.1. The first kappa shape index (κ1) is 19.9. The quantitative estimate of drug-likeness (QED) is 0.379. The van der Waals surface area contributed by atoms with Crippen LogP contribution >= 0.6 is 70.2 Å². The molecule has 0 spiro atoms. The Morgan fingerprint density at radius 3 is 2.36 bits per heavy atom. The smallest absolute Gasteiger partial charge is 0.228 e. The summed E-state index contributed by atoms with van der Waals surface area (Å²) in [7, 11) is 0. The normalized spacial score (nSPS) is 12.5. The molecule has 0 bridgehead atoms. The van der Waals surface area contributed by atoms with E-state index in [0.717, 1.165) is 0 Å². The minimum absolute atomic E-state index is 0.145. The van der Waals surface area contributed by atoms with Crippen LogP contribution in [0.25, 0.3) is 0 Å². The molecule has 0 fully saturated rings. The monoisotopic (exact) mass is 421 g/mol. The molecule has 0 radical (unpaired) electrons. The van der Waals surface area contributed by atoms with Gasteiger partial charge in [0.05, 0.1) is 10.0 Å². The molecule has 0 aliphatic heterocycles. The summed E-state index contributed by atoms with van der Waals surface area (Å²) in [4.78, 5) is 11.5. The first-order valence-electron chi connectivity index (χ1n) is 6.02. The number of benzene rings is 1. The molecule has 0 aromatic heterocycles. The average molecular weight is 424 g/mol. The van der Waals surface area contributed by atoms with Gasteiger partial charge >= 0.3 is 0 Å². The van der Waals surface area contributed by atoms with Gasteiger partial charge in [-0.1, -0.05) is 64.9 Å². The summed E-state index contributed by atoms with van der Waals surface area (Å²) in [5.41, 5.74) is 0.594. The van der Waals surface area contributed by atoms with Gasteiger partial charge in [0.1, 0.15) is 6.17 Å². The molecule has 1 aromatic carbocycles. The standard InChI is InChI=1S/C12H12Cl5N3OS/c1-2-9(21)19-10(12(15,16)17)20-11(22)18-6-3-4-7(13)8(14)5-6/h3-5,10H,2H2,1H3,(H,19,21)(H2,18,20,22). The van der Waals surface area contributed by atoms with Crippen molar-refractivity contribution in [1.29, 1.82) is 0 Å². The number of alkyl halides is 3. The summed E-state index contributed by atoms with van der Waals surface area (Å²) < 4.78 is -1.78. The first-order valence-corrected chi connectivity index (χ1v) is 8.32. The third kappa shape index (κ3) is 6.52. The predicted octanol–water partition coefficient (Wildman–Crippen LogP) is 4.50. The molecule has 10 heteroatoms. The van der Waals surface area contributed by atoms with Gasteiger partial charge in [0.2, 0.25) is 9.70 Å². The molecule has 1 amide bonds. The Morgan fingerprint density at radius 2 is 1.86 bits per heavy atom. The maximum Gasteiger partial charge on any atom is 0.228 e. The molecule has 22 heavy (non-hydrogen) atoms. The van der Waals surface area contributed by atoms with E-state index in [-0.39, 0.29) is 17.4 Å². The van der Waals surface area contributed by atoms with Crippen molar-refractivity contribution in [1.82, 2.24) is 10.6 Å². The molecule has 122 valence electrons. The molecule has 1 unspecified atom stereocenters. The lowest BCUT2D eigenvalue weighted by Crippen LogP contribution is -2.56. The van der Waals surface area contributed by atoms with E-state index in [4.69, 9.17) is 70.2 Å². The lowest BCUT2D eigenvalue weighted by Gasteiger charge is -2.27. The highest BCUT2D eigenvalue weighted by molar-refractivity contribution is 7.80. The zero-order valence-electron chi connectivity index (χ0n) is 11.2. The number of hydrogen-bond donors (Lipinski definition) is 3. The van der Waals surface area contributed by atoms with E-state index in [1.165, 1.54) is 0 Å². The van der Waals surface area contributed by atoms with Gasteiger partial charge in [0.25, 0.3) is 0 Å². The van der Waals surface area contributed by atoms with Crippen molar-refractivity contribution < 1.29 is 4.79 Å². The minimum atomic E-state index is -1.78.